The Morgan fingerprint density at radius 3 is 2.55 bits per heavy atom. The molecule has 1 aromatic heterocycles. The van der Waals surface area contributed by atoms with Gasteiger partial charge in [-0.15, -0.1) is 0 Å². The lowest BCUT2D eigenvalue weighted by molar-refractivity contribution is -0.133. The second-order valence-corrected chi connectivity index (χ2v) is 8.22. The first-order valence-electron chi connectivity index (χ1n) is 11.0. The Bertz CT molecular complexity index is 1260. The molecular weight excluding hydrogens is 424 g/mol. The van der Waals surface area contributed by atoms with E-state index in [1.54, 1.807) is 41.3 Å². The number of benzene rings is 2. The predicted molar refractivity (Wildman–Crippen MR) is 121 cm³/mol. The van der Waals surface area contributed by atoms with Crippen LogP contribution in [-0.4, -0.2) is 53.2 Å². The number of piperidine rings is 1. The number of amides is 2. The number of likely N-dealkylation sites (tertiary alicyclic amines) is 1. The monoisotopic (exact) mass is 448 g/mol. The van der Waals surface area contributed by atoms with Gasteiger partial charge in [-0.1, -0.05) is 18.2 Å². The molecule has 2 aliphatic heterocycles. The summed E-state index contributed by atoms with van der Waals surface area (Å²) in [4.78, 5) is 39.3. The minimum atomic E-state index is -0.272. The van der Waals surface area contributed by atoms with Crippen LogP contribution >= 0.6 is 0 Å². The van der Waals surface area contributed by atoms with Gasteiger partial charge in [-0.25, -0.2) is 5.10 Å². The Kier molecular flexibility index (Phi) is 5.68. The number of H-pyrrole nitrogens is 1. The minimum Gasteiger partial charge on any atom is -0.486 e. The highest BCUT2D eigenvalue weighted by Crippen LogP contribution is 2.33. The maximum atomic E-state index is 12.9. The number of rotatable bonds is 4. The largest absolute Gasteiger partial charge is 0.486 e. The van der Waals surface area contributed by atoms with E-state index in [9.17, 15) is 14.4 Å². The highest BCUT2D eigenvalue weighted by molar-refractivity contribution is 5.93. The zero-order valence-corrected chi connectivity index (χ0v) is 18.0. The van der Waals surface area contributed by atoms with Crippen molar-refractivity contribution < 1.29 is 19.1 Å². The first kappa shape index (κ1) is 21.0. The molecule has 0 unspecified atom stereocenters. The van der Waals surface area contributed by atoms with E-state index < -0.39 is 0 Å². The van der Waals surface area contributed by atoms with Crippen LogP contribution < -0.4 is 20.3 Å². The summed E-state index contributed by atoms with van der Waals surface area (Å²) in [5.41, 5.74) is 0.944. The zero-order chi connectivity index (χ0) is 22.8. The third-order valence-electron chi connectivity index (χ3n) is 6.12. The average Bonchev–Trinajstić information content (AvgIpc) is 2.86. The van der Waals surface area contributed by atoms with Gasteiger partial charge in [0, 0.05) is 36.1 Å². The maximum Gasteiger partial charge on any atom is 0.272 e. The summed E-state index contributed by atoms with van der Waals surface area (Å²) in [5.74, 6) is 1.01. The molecule has 1 fully saturated rings. The van der Waals surface area contributed by atoms with Crippen LogP contribution in [0.15, 0.2) is 47.3 Å². The highest BCUT2D eigenvalue weighted by Gasteiger charge is 2.28. The number of nitrogens with one attached hydrogen (secondary N) is 2. The standard InChI is InChI=1S/C24H24N4O5/c29-22(14-19-17-3-1-2-4-18(17)24(31)27-26-19)28-9-7-15(8-10-28)23(30)25-16-5-6-20-21(13-16)33-12-11-32-20/h1-6,13,15H,7-12,14H2,(H,25,30)(H,27,31). The summed E-state index contributed by atoms with van der Waals surface area (Å²) in [5, 5.41) is 10.7. The summed E-state index contributed by atoms with van der Waals surface area (Å²) < 4.78 is 11.1. The number of aromatic nitrogens is 2. The quantitative estimate of drug-likeness (QED) is 0.632. The van der Waals surface area contributed by atoms with E-state index in [0.29, 0.717) is 72.8 Å². The van der Waals surface area contributed by atoms with Crippen molar-refractivity contribution in [3.63, 3.8) is 0 Å². The number of fused-ring (bicyclic) bond motifs is 2. The Balaban J connectivity index is 1.18. The molecule has 3 heterocycles. The van der Waals surface area contributed by atoms with Crippen molar-refractivity contribution in [2.24, 2.45) is 5.92 Å². The van der Waals surface area contributed by atoms with Crippen molar-refractivity contribution in [2.45, 2.75) is 19.3 Å². The average molecular weight is 448 g/mol. The SMILES string of the molecule is O=C(Nc1ccc2c(c1)OCCO2)C1CCN(C(=O)Cc2n[nH]c(=O)c3ccccc23)CC1. The number of carbonyl (C=O) groups is 2. The molecule has 3 aromatic rings. The van der Waals surface area contributed by atoms with Crippen LogP contribution in [0, 0.1) is 5.92 Å². The Morgan fingerprint density at radius 2 is 1.76 bits per heavy atom. The van der Waals surface area contributed by atoms with E-state index in [0.717, 1.165) is 0 Å². The van der Waals surface area contributed by atoms with Gasteiger partial charge in [0.25, 0.3) is 5.56 Å². The number of nitrogens with zero attached hydrogens (tertiary/aromatic N) is 2. The Labute approximate surface area is 189 Å². The molecule has 5 rings (SSSR count). The highest BCUT2D eigenvalue weighted by atomic mass is 16.6. The minimum absolute atomic E-state index is 0.0629. The van der Waals surface area contributed by atoms with Gasteiger partial charge in [0.15, 0.2) is 11.5 Å². The third-order valence-corrected chi connectivity index (χ3v) is 6.12. The molecule has 2 N–H and O–H groups in total. The van der Waals surface area contributed by atoms with Gasteiger partial charge in [0.05, 0.1) is 17.5 Å². The van der Waals surface area contributed by atoms with E-state index >= 15 is 0 Å². The smallest absolute Gasteiger partial charge is 0.272 e. The molecule has 0 saturated carbocycles. The predicted octanol–water partition coefficient (Wildman–Crippen LogP) is 2.11. The second-order valence-electron chi connectivity index (χ2n) is 8.22. The summed E-state index contributed by atoms with van der Waals surface area (Å²) in [6.45, 7) is 2.00. The first-order valence-corrected chi connectivity index (χ1v) is 11.0. The molecule has 0 bridgehead atoms. The lowest BCUT2D eigenvalue weighted by atomic mass is 9.95. The van der Waals surface area contributed by atoms with Gasteiger partial charge < -0.3 is 19.7 Å². The topological polar surface area (TPSA) is 114 Å². The van der Waals surface area contributed by atoms with Gasteiger partial charge in [-0.05, 0) is 31.0 Å². The fraction of sp³-hybridized carbons (Fsp3) is 0.333. The van der Waals surface area contributed by atoms with Crippen molar-refractivity contribution in [2.75, 3.05) is 31.6 Å². The van der Waals surface area contributed by atoms with Crippen LogP contribution in [-0.2, 0) is 16.0 Å². The van der Waals surface area contributed by atoms with E-state index in [2.05, 4.69) is 15.5 Å². The van der Waals surface area contributed by atoms with Crippen LogP contribution in [0.5, 0.6) is 11.5 Å². The van der Waals surface area contributed by atoms with Crippen molar-refractivity contribution in [1.82, 2.24) is 15.1 Å². The lowest BCUT2D eigenvalue weighted by Crippen LogP contribution is -2.42. The number of hydrogen-bond acceptors (Lipinski definition) is 6. The fourth-order valence-electron chi connectivity index (χ4n) is 4.32. The molecule has 9 heteroatoms. The molecule has 33 heavy (non-hydrogen) atoms. The fourth-order valence-corrected chi connectivity index (χ4v) is 4.32. The molecule has 2 aliphatic rings. The lowest BCUT2D eigenvalue weighted by Gasteiger charge is -2.31. The molecule has 2 aromatic carbocycles. The molecule has 170 valence electrons. The van der Waals surface area contributed by atoms with E-state index in [1.807, 2.05) is 6.07 Å². The Hall–Kier alpha value is -3.88. The van der Waals surface area contributed by atoms with Crippen molar-refractivity contribution in [3.8, 4) is 11.5 Å². The number of ether oxygens (including phenoxy) is 2. The normalized spacial score (nSPS) is 15.9. The number of carbonyl (C=O) groups excluding carboxylic acids is 2. The zero-order valence-electron chi connectivity index (χ0n) is 18.0. The van der Waals surface area contributed by atoms with Gasteiger partial charge in [-0.3, -0.25) is 14.4 Å². The molecule has 0 atom stereocenters. The maximum absolute atomic E-state index is 12.9. The molecule has 2 amide bonds. The summed E-state index contributed by atoms with van der Waals surface area (Å²) in [6.07, 6.45) is 1.27. The van der Waals surface area contributed by atoms with Gasteiger partial charge in [0.2, 0.25) is 11.8 Å². The number of aromatic amines is 1. The number of hydrogen-bond donors (Lipinski definition) is 2. The number of anilines is 1. The van der Waals surface area contributed by atoms with Crippen molar-refractivity contribution in [1.29, 1.82) is 0 Å². The van der Waals surface area contributed by atoms with Gasteiger partial charge in [0.1, 0.15) is 13.2 Å². The molecule has 0 spiro atoms. The molecule has 0 radical (unpaired) electrons. The second kappa shape index (κ2) is 8.93. The van der Waals surface area contributed by atoms with Crippen LogP contribution in [0.3, 0.4) is 0 Å². The van der Waals surface area contributed by atoms with Crippen molar-refractivity contribution >= 4 is 28.3 Å². The van der Waals surface area contributed by atoms with Crippen molar-refractivity contribution in [3.05, 3.63) is 58.5 Å². The van der Waals surface area contributed by atoms with Crippen LogP contribution in [0.2, 0.25) is 0 Å². The third kappa shape index (κ3) is 4.39. The van der Waals surface area contributed by atoms with Gasteiger partial charge in [-0.2, -0.15) is 5.10 Å². The first-order chi connectivity index (χ1) is 16.1. The van der Waals surface area contributed by atoms with Gasteiger partial charge >= 0.3 is 0 Å². The molecule has 9 nitrogen and oxygen atoms in total. The molecule has 1 saturated heterocycles. The van der Waals surface area contributed by atoms with E-state index in [4.69, 9.17) is 9.47 Å². The molecular formula is C24H24N4O5. The summed E-state index contributed by atoms with van der Waals surface area (Å²) in [6, 6.07) is 12.5. The summed E-state index contributed by atoms with van der Waals surface area (Å²) >= 11 is 0. The van der Waals surface area contributed by atoms with Crippen LogP contribution in [0.1, 0.15) is 18.5 Å². The summed E-state index contributed by atoms with van der Waals surface area (Å²) in [7, 11) is 0. The Morgan fingerprint density at radius 1 is 1.03 bits per heavy atom. The van der Waals surface area contributed by atoms with Crippen LogP contribution in [0.4, 0.5) is 5.69 Å². The molecule has 0 aliphatic carbocycles. The van der Waals surface area contributed by atoms with E-state index in [1.165, 1.54) is 0 Å². The van der Waals surface area contributed by atoms with Crippen LogP contribution in [0.25, 0.3) is 10.8 Å². The van der Waals surface area contributed by atoms with E-state index in [-0.39, 0.29) is 29.7 Å².